The van der Waals surface area contributed by atoms with E-state index in [0.29, 0.717) is 38.7 Å². The zero-order chi connectivity index (χ0) is 30.1. The van der Waals surface area contributed by atoms with E-state index in [-0.39, 0.29) is 48.7 Å². The van der Waals surface area contributed by atoms with Crippen molar-refractivity contribution in [1.82, 2.24) is 10.2 Å². The Hall–Kier alpha value is -3.69. The molecular formula is C28H33N3O10S. The minimum atomic E-state index is -3.82. The summed E-state index contributed by atoms with van der Waals surface area (Å²) < 4.78 is 45.5. The number of amides is 4. The molecule has 0 aromatic heterocycles. The average molecular weight is 604 g/mol. The number of piperidine rings is 1. The number of carbonyl (C=O) groups excluding carboxylic acids is 4. The third kappa shape index (κ3) is 7.77. The van der Waals surface area contributed by atoms with Crippen molar-refractivity contribution in [3.8, 4) is 0 Å². The van der Waals surface area contributed by atoms with Crippen LogP contribution in [0.5, 0.6) is 0 Å². The zero-order valence-corrected chi connectivity index (χ0v) is 23.9. The van der Waals surface area contributed by atoms with E-state index in [9.17, 15) is 27.6 Å². The molecule has 2 aliphatic heterocycles. The highest BCUT2D eigenvalue weighted by Crippen LogP contribution is 2.32. The monoisotopic (exact) mass is 603 g/mol. The van der Waals surface area contributed by atoms with Gasteiger partial charge >= 0.3 is 0 Å². The van der Waals surface area contributed by atoms with Crippen molar-refractivity contribution in [3.05, 3.63) is 59.2 Å². The predicted octanol–water partition coefficient (Wildman–Crippen LogP) is 1.26. The Morgan fingerprint density at radius 2 is 1.50 bits per heavy atom. The molecule has 42 heavy (non-hydrogen) atoms. The first-order chi connectivity index (χ1) is 20.2. The number of nitrogens with one attached hydrogen (secondary N) is 2. The number of carbonyl (C=O) groups is 4. The van der Waals surface area contributed by atoms with Crippen LogP contribution >= 0.6 is 0 Å². The lowest BCUT2D eigenvalue weighted by atomic mass is 10.0. The lowest BCUT2D eigenvalue weighted by Crippen LogP contribution is -2.54. The van der Waals surface area contributed by atoms with Gasteiger partial charge in [0.15, 0.2) is 0 Å². The van der Waals surface area contributed by atoms with Crippen LogP contribution in [0.3, 0.4) is 0 Å². The molecule has 0 radical (unpaired) electrons. The van der Waals surface area contributed by atoms with Gasteiger partial charge in [0.25, 0.3) is 21.9 Å². The van der Waals surface area contributed by atoms with Crippen LogP contribution in [0, 0.1) is 6.92 Å². The van der Waals surface area contributed by atoms with Gasteiger partial charge in [-0.2, -0.15) is 8.42 Å². The van der Waals surface area contributed by atoms with Gasteiger partial charge in [-0.3, -0.25) is 33.6 Å². The normalized spacial score (nSPS) is 17.0. The summed E-state index contributed by atoms with van der Waals surface area (Å²) in [5.74, 6) is -2.23. The molecule has 4 amide bonds. The highest BCUT2D eigenvalue weighted by atomic mass is 32.2. The highest BCUT2D eigenvalue weighted by molar-refractivity contribution is 7.86. The molecule has 4 rings (SSSR count). The summed E-state index contributed by atoms with van der Waals surface area (Å²) >= 11 is 0. The summed E-state index contributed by atoms with van der Waals surface area (Å²) in [5.41, 5.74) is 1.79. The molecule has 13 nitrogen and oxygen atoms in total. The molecule has 2 aromatic rings. The fourth-order valence-corrected chi connectivity index (χ4v) is 5.33. The molecule has 1 fully saturated rings. The van der Waals surface area contributed by atoms with Crippen LogP contribution in [-0.2, 0) is 38.1 Å². The number of fused-ring (bicyclic) bond motifs is 1. The summed E-state index contributed by atoms with van der Waals surface area (Å²) in [5, 5.41) is 5.28. The first-order valence-corrected chi connectivity index (χ1v) is 14.9. The van der Waals surface area contributed by atoms with Crippen LogP contribution in [0.4, 0.5) is 5.69 Å². The summed E-state index contributed by atoms with van der Waals surface area (Å²) in [6, 6.07) is 10.2. The summed E-state index contributed by atoms with van der Waals surface area (Å²) in [6.07, 6.45) is 0.146. The third-order valence-corrected chi connectivity index (χ3v) is 7.88. The van der Waals surface area contributed by atoms with Crippen LogP contribution in [0.2, 0.25) is 0 Å². The molecule has 1 saturated heterocycles. The van der Waals surface area contributed by atoms with Gasteiger partial charge in [-0.1, -0.05) is 23.8 Å². The van der Waals surface area contributed by atoms with E-state index in [1.165, 1.54) is 18.2 Å². The second-order valence-corrected chi connectivity index (χ2v) is 11.1. The van der Waals surface area contributed by atoms with Gasteiger partial charge in [0.1, 0.15) is 6.04 Å². The Kier molecular flexibility index (Phi) is 10.8. The maximum Gasteiger partial charge on any atom is 0.297 e. The van der Waals surface area contributed by atoms with Crippen molar-refractivity contribution in [2.45, 2.75) is 30.7 Å². The van der Waals surface area contributed by atoms with Gasteiger partial charge < -0.3 is 19.5 Å². The average Bonchev–Trinajstić information content (AvgIpc) is 3.21. The number of hydrogen-bond acceptors (Lipinski definition) is 11. The van der Waals surface area contributed by atoms with Crippen molar-refractivity contribution in [2.24, 2.45) is 0 Å². The molecule has 2 aliphatic rings. The Labute approximate surface area is 243 Å². The van der Waals surface area contributed by atoms with Crippen LogP contribution in [-0.4, -0.2) is 95.8 Å². The van der Waals surface area contributed by atoms with Gasteiger partial charge in [-0.05, 0) is 37.6 Å². The standard InChI is InChI=1S/C28H33N3O10S/c1-19-5-7-20(8-6-19)42(36,37)41-18-17-40-16-15-39-14-13-38-12-11-29-22-4-2-3-21-25(22)28(35)31(27(21)34)23-9-10-24(32)30-26(23)33/h2-8,23,29H,9-18H2,1H3,(H,30,32,33). The van der Waals surface area contributed by atoms with Crippen LogP contribution < -0.4 is 10.6 Å². The van der Waals surface area contributed by atoms with Crippen molar-refractivity contribution < 1.29 is 46.0 Å². The molecule has 2 heterocycles. The Morgan fingerprint density at radius 1 is 0.857 bits per heavy atom. The maximum absolute atomic E-state index is 13.1. The van der Waals surface area contributed by atoms with E-state index in [4.69, 9.17) is 18.4 Å². The van der Waals surface area contributed by atoms with Crippen molar-refractivity contribution in [1.29, 1.82) is 0 Å². The third-order valence-electron chi connectivity index (χ3n) is 6.55. The van der Waals surface area contributed by atoms with Crippen LogP contribution in [0.25, 0.3) is 0 Å². The molecule has 14 heteroatoms. The smallest absolute Gasteiger partial charge is 0.297 e. The second-order valence-electron chi connectivity index (χ2n) is 9.53. The molecule has 0 bridgehead atoms. The molecule has 226 valence electrons. The Bertz CT molecular complexity index is 1410. The first kappa shape index (κ1) is 31.3. The van der Waals surface area contributed by atoms with E-state index >= 15 is 0 Å². The summed E-state index contributed by atoms with van der Waals surface area (Å²) in [4.78, 5) is 50.7. The summed E-state index contributed by atoms with van der Waals surface area (Å²) in [7, 11) is -3.82. The quantitative estimate of drug-likeness (QED) is 0.161. The Balaban J connectivity index is 1.07. The number of rotatable bonds is 16. The van der Waals surface area contributed by atoms with E-state index in [1.807, 2.05) is 6.92 Å². The van der Waals surface area contributed by atoms with E-state index < -0.39 is 39.8 Å². The van der Waals surface area contributed by atoms with Gasteiger partial charge in [-0.15, -0.1) is 0 Å². The minimum absolute atomic E-state index is 0.0549. The summed E-state index contributed by atoms with van der Waals surface area (Å²) in [6.45, 7) is 3.69. The van der Waals surface area contributed by atoms with Gasteiger partial charge in [0, 0.05) is 18.7 Å². The fraction of sp³-hybridized carbons (Fsp3) is 0.429. The van der Waals surface area contributed by atoms with Crippen molar-refractivity contribution in [3.63, 3.8) is 0 Å². The molecule has 0 spiro atoms. The van der Waals surface area contributed by atoms with Crippen LogP contribution in [0.1, 0.15) is 39.1 Å². The Morgan fingerprint density at radius 3 is 2.17 bits per heavy atom. The number of anilines is 1. The molecule has 0 aliphatic carbocycles. The van der Waals surface area contributed by atoms with E-state index in [2.05, 4.69) is 10.6 Å². The van der Waals surface area contributed by atoms with Gasteiger partial charge in [-0.25, -0.2) is 0 Å². The molecule has 2 N–H and O–H groups in total. The predicted molar refractivity (Wildman–Crippen MR) is 148 cm³/mol. The number of imide groups is 2. The van der Waals surface area contributed by atoms with E-state index in [0.717, 1.165) is 10.5 Å². The number of hydrogen-bond donors (Lipinski definition) is 2. The lowest BCUT2D eigenvalue weighted by Gasteiger charge is -2.27. The molecular weight excluding hydrogens is 570 g/mol. The molecule has 0 saturated carbocycles. The minimum Gasteiger partial charge on any atom is -0.382 e. The number of aryl methyl sites for hydroxylation is 1. The zero-order valence-electron chi connectivity index (χ0n) is 23.1. The second kappa shape index (κ2) is 14.5. The van der Waals surface area contributed by atoms with E-state index in [1.54, 1.807) is 24.3 Å². The largest absolute Gasteiger partial charge is 0.382 e. The first-order valence-electron chi connectivity index (χ1n) is 13.5. The SMILES string of the molecule is Cc1ccc(S(=O)(=O)OCCOCCOCCOCCNc2cccc3c2C(=O)N(C2CCC(=O)NC2=O)C3=O)cc1. The molecule has 1 unspecified atom stereocenters. The van der Waals surface area contributed by atoms with Gasteiger partial charge in [0.2, 0.25) is 11.8 Å². The molecule has 2 aromatic carbocycles. The maximum atomic E-state index is 13.1. The molecule has 1 atom stereocenters. The number of nitrogens with zero attached hydrogens (tertiary/aromatic N) is 1. The van der Waals surface area contributed by atoms with Crippen molar-refractivity contribution in [2.75, 3.05) is 58.1 Å². The van der Waals surface area contributed by atoms with Gasteiger partial charge in [0.05, 0.1) is 62.3 Å². The van der Waals surface area contributed by atoms with Crippen LogP contribution in [0.15, 0.2) is 47.4 Å². The topological polar surface area (TPSA) is 167 Å². The van der Waals surface area contributed by atoms with Crippen molar-refractivity contribution >= 4 is 39.4 Å². The number of benzene rings is 2. The highest BCUT2D eigenvalue weighted by Gasteiger charge is 2.45. The fourth-order valence-electron chi connectivity index (χ4n) is 4.44. The number of ether oxygens (including phenoxy) is 3. The lowest BCUT2D eigenvalue weighted by molar-refractivity contribution is -0.136.